The van der Waals surface area contributed by atoms with Gasteiger partial charge in [0, 0.05) is 169 Å². The highest BCUT2D eigenvalue weighted by molar-refractivity contribution is 5.87. The van der Waals surface area contributed by atoms with Gasteiger partial charge in [-0.05, 0) is 267 Å². The molecule has 0 saturated heterocycles. The van der Waals surface area contributed by atoms with Crippen molar-refractivity contribution in [2.75, 3.05) is 32.9 Å². The molecule has 4 aliphatic rings. The van der Waals surface area contributed by atoms with Crippen molar-refractivity contribution in [2.45, 2.75) is 213 Å². The number of alkyl halides is 5. The van der Waals surface area contributed by atoms with E-state index in [1.54, 1.807) is 123 Å². The fraction of sp³-hybridized carbons (Fsp3) is 0.355. The molecule has 16 rings (SSSR count). The summed E-state index contributed by atoms with van der Waals surface area (Å²) in [6.45, 7) is 22.3. The fourth-order valence-electron chi connectivity index (χ4n) is 19.5. The summed E-state index contributed by atoms with van der Waals surface area (Å²) in [5.74, 6) is -12.1. The molecule has 0 bridgehead atoms. The van der Waals surface area contributed by atoms with Gasteiger partial charge in [0.05, 0.1) is 49.3 Å². The van der Waals surface area contributed by atoms with Gasteiger partial charge in [0.25, 0.3) is 0 Å². The average molecular weight is 2030 g/mol. The Balaban J connectivity index is 0.000000163. The smallest absolute Gasteiger partial charge is 0.328 e. The van der Waals surface area contributed by atoms with Crippen LogP contribution in [-0.2, 0) is 71.4 Å². The minimum Gasteiger partial charge on any atom is -0.478 e. The third kappa shape index (κ3) is 26.0. The van der Waals surface area contributed by atoms with Crippen LogP contribution in [0.4, 0.5) is 65.9 Å². The number of carboxylic acids is 4. The summed E-state index contributed by atoms with van der Waals surface area (Å²) in [4.78, 5) is 54.5. The van der Waals surface area contributed by atoms with Crippen LogP contribution in [0.15, 0.2) is 175 Å². The molecule has 12 aromatic rings. The van der Waals surface area contributed by atoms with E-state index in [1.165, 1.54) is 66.3 Å². The number of aliphatic carboxylic acids is 4. The van der Waals surface area contributed by atoms with E-state index >= 15 is 43.9 Å². The van der Waals surface area contributed by atoms with E-state index < -0.39 is 148 Å². The summed E-state index contributed by atoms with van der Waals surface area (Å²) in [5, 5.41) is 51.8. The van der Waals surface area contributed by atoms with E-state index in [2.05, 4.69) is 25.4 Å². The van der Waals surface area contributed by atoms with Gasteiger partial charge in [-0.2, -0.15) is 20.3 Å². The number of fused-ring (bicyclic) bond motifs is 4. The third-order valence-electron chi connectivity index (χ3n) is 25.6. The molecule has 772 valence electrons. The summed E-state index contributed by atoms with van der Waals surface area (Å²) < 4.78 is 238. The van der Waals surface area contributed by atoms with Crippen molar-refractivity contribution in [1.29, 1.82) is 0 Å². The Labute approximate surface area is 834 Å². The monoisotopic (exact) mass is 2030 g/mol. The lowest BCUT2D eigenvalue weighted by Crippen LogP contribution is -2.48. The maximum Gasteiger partial charge on any atom is 0.328 e. The van der Waals surface area contributed by atoms with Gasteiger partial charge in [-0.1, -0.05) is 66.7 Å². The number of nitrogens with zero attached hydrogens (tertiary/aromatic N) is 12. The number of aromatic nitrogens is 8. The second-order valence-electron chi connectivity index (χ2n) is 39.5. The highest BCUT2D eigenvalue weighted by atomic mass is 19.2. The number of benzene rings is 8. The zero-order chi connectivity index (χ0) is 107. The second-order valence-corrected chi connectivity index (χ2v) is 39.5. The Hall–Kier alpha value is -13.8. The molecule has 4 N–H and O–H groups in total. The summed E-state index contributed by atoms with van der Waals surface area (Å²) in [5.41, 5.74) is 1.06. The van der Waals surface area contributed by atoms with Gasteiger partial charge in [0.15, 0.2) is 0 Å². The third-order valence-corrected chi connectivity index (χ3v) is 25.6. The molecule has 0 radical (unpaired) electrons. The molecule has 8 heterocycles. The van der Waals surface area contributed by atoms with Crippen LogP contribution in [0.3, 0.4) is 0 Å². The molecular weight excluding hydrogens is 1920 g/mol. The molecule has 4 aromatic heterocycles. The van der Waals surface area contributed by atoms with Crippen molar-refractivity contribution in [1.82, 2.24) is 59.1 Å². The molecule has 36 heteroatoms. The molecule has 0 fully saturated rings. The largest absolute Gasteiger partial charge is 0.478 e. The number of hydrogen-bond acceptors (Lipinski definition) is 14. The maximum atomic E-state index is 15.9. The van der Waals surface area contributed by atoms with Gasteiger partial charge in [0.1, 0.15) is 87.5 Å². The molecule has 8 atom stereocenters. The maximum absolute atomic E-state index is 15.9. The predicted octanol–water partition coefficient (Wildman–Crippen LogP) is 23.6. The van der Waals surface area contributed by atoms with Gasteiger partial charge >= 0.3 is 23.9 Å². The topological polar surface area (TPSA) is 255 Å². The van der Waals surface area contributed by atoms with Crippen molar-refractivity contribution >= 4 is 48.2 Å². The first-order valence-electron chi connectivity index (χ1n) is 47.4. The Morgan fingerprint density at radius 2 is 0.705 bits per heavy atom. The molecule has 21 nitrogen and oxygen atoms in total. The molecule has 8 unspecified atom stereocenters. The number of aryl methyl sites for hydroxylation is 4. The second kappa shape index (κ2) is 45.0. The summed E-state index contributed by atoms with van der Waals surface area (Å²) in [6.07, 6.45) is 19.6. The average Bonchev–Trinajstić information content (AvgIpc) is 1.42. The first-order valence-corrected chi connectivity index (χ1v) is 47.4. The van der Waals surface area contributed by atoms with E-state index in [1.807, 2.05) is 45.9 Å². The van der Waals surface area contributed by atoms with Gasteiger partial charge < -0.3 is 24.9 Å². The minimum atomic E-state index is -1.69. The zero-order valence-corrected chi connectivity index (χ0v) is 82.9. The first-order chi connectivity index (χ1) is 68.7. The molecule has 0 spiro atoms. The SMILES string of the molecule is CC1Cc2c(ccc(-c3cnn(C)c3)c2F)C(c2c(F)cc(/C=C/C(=O)O)cc2F)N1CC(C)(C)F.CC1Cc2cc(-c3cnn(CCF)c3)ccc2C(c2c(F)cc(/C=C/C(=O)O)cc2F)N1CC(C)(C)F.CCc1nc(-c2ccc3c(c2)CC(C)N(CC(C)(C)F)C3c2c(F)cc(/C=C/C(=O)O)cc2F)no1.CCn1cc(-c2ccc3c(c2F)CC(C)N(CC(C)(C)F)C3c2c(F)cc(/C=C/C(=O)O)cc2F)cn1. The van der Waals surface area contributed by atoms with Crippen molar-refractivity contribution < 1.29 is 110 Å². The summed E-state index contributed by atoms with van der Waals surface area (Å²) >= 11 is 0. The number of hydrogen-bond donors (Lipinski definition) is 4. The normalized spacial score (nSPS) is 18.5. The minimum absolute atomic E-state index is 0.0238. The van der Waals surface area contributed by atoms with E-state index in [-0.39, 0.29) is 102 Å². The van der Waals surface area contributed by atoms with Crippen LogP contribution in [-0.4, -0.2) is 183 Å². The lowest BCUT2D eigenvalue weighted by Gasteiger charge is -2.44. The molecule has 0 aliphatic carbocycles. The molecular formula is C110H113F15N12O9. The molecule has 146 heavy (non-hydrogen) atoms. The van der Waals surface area contributed by atoms with Crippen LogP contribution in [0.5, 0.6) is 0 Å². The van der Waals surface area contributed by atoms with Gasteiger partial charge in [-0.25, -0.2) is 85.0 Å². The summed E-state index contributed by atoms with van der Waals surface area (Å²) in [7, 11) is 1.72. The molecule has 0 amide bonds. The van der Waals surface area contributed by atoms with Gasteiger partial charge in [0.2, 0.25) is 11.7 Å². The van der Waals surface area contributed by atoms with E-state index in [0.29, 0.717) is 93.2 Å². The van der Waals surface area contributed by atoms with Crippen LogP contribution >= 0.6 is 0 Å². The Kier molecular flexibility index (Phi) is 33.7. The van der Waals surface area contributed by atoms with Gasteiger partial charge in [-0.3, -0.25) is 33.6 Å². The van der Waals surface area contributed by atoms with Crippen LogP contribution in [0.2, 0.25) is 0 Å². The van der Waals surface area contributed by atoms with Crippen molar-refractivity contribution in [3.05, 3.63) is 324 Å². The number of halogens is 15. The van der Waals surface area contributed by atoms with Crippen molar-refractivity contribution in [3.8, 4) is 44.8 Å². The lowest BCUT2D eigenvalue weighted by atomic mass is 9.82. The van der Waals surface area contributed by atoms with Crippen molar-refractivity contribution in [2.24, 2.45) is 7.05 Å². The first kappa shape index (κ1) is 109. The Bertz CT molecular complexity index is 6890. The Morgan fingerprint density at radius 1 is 0.397 bits per heavy atom. The van der Waals surface area contributed by atoms with Crippen molar-refractivity contribution in [3.63, 3.8) is 0 Å². The molecule has 4 aliphatic heterocycles. The van der Waals surface area contributed by atoms with Crippen LogP contribution < -0.4 is 0 Å². The molecule has 0 saturated carbocycles. The number of rotatable bonds is 28. The Morgan fingerprint density at radius 3 is 1.02 bits per heavy atom. The zero-order valence-electron chi connectivity index (χ0n) is 82.9. The summed E-state index contributed by atoms with van der Waals surface area (Å²) in [6, 6.07) is 20.5. The quantitative estimate of drug-likeness (QED) is 0.0263. The predicted molar refractivity (Wildman–Crippen MR) is 524 cm³/mol. The van der Waals surface area contributed by atoms with Crippen LogP contribution in [0.1, 0.15) is 216 Å². The standard InChI is InChI=1S/2C28H29F4N3O2.C27H27F4N3O2.C27H28F3N3O3/c1-17-10-20-13-19(21-14-33-34(15-21)9-8-29)5-6-22(20)27(35(17)16-28(2,3)32)26-23(30)11-18(12-24(26)31)4-7-25(36)37;1-5-34-14-18(13-33-34)19-7-8-20-21(26(19)31)10-16(2)35(15-28(3,4)32)27(20)25-22(29)11-17(12-23(25)30)6-9-24(36)37;1-15-9-20-19(7-6-18(25(20)30)17-12-32-33(4)13-17)26(34(15)14-27(2,3)31)24-21(28)10-16(11-22(24)29)5-8-23(35)36;1-5-22-31-26(32-36-22)17-7-8-19-18(13-17)10-15(2)33(14-27(3,4)30)25(19)24-20(28)11-16(12-21(24)29)6-9-23(34)35/h4-7,11-15,17,27H,8-10,16H2,1-3H3,(H,36,37);6-9,11-14,16,27H,5,10,15H2,1-4H3,(H,36,37);5-8,10-13,15,26H,9,14H2,1-4H3,(H,35,36);6-9,11-13,15,25H,5,10,14H2,1-4H3,(H,34,35)/b7-4+;9-6+;8-5+;9-6+. The van der Waals surface area contributed by atoms with E-state index in [9.17, 15) is 41.1 Å². The highest BCUT2D eigenvalue weighted by Crippen LogP contribution is 2.50. The van der Waals surface area contributed by atoms with Gasteiger partial charge in [-0.15, -0.1) is 0 Å². The van der Waals surface area contributed by atoms with E-state index in [0.717, 1.165) is 125 Å². The highest BCUT2D eigenvalue weighted by Gasteiger charge is 2.46. The molecule has 8 aromatic carbocycles. The number of carbonyl (C=O) groups is 4. The lowest BCUT2D eigenvalue weighted by molar-refractivity contribution is -0.132. The van der Waals surface area contributed by atoms with Crippen LogP contribution in [0.25, 0.3) is 69.1 Å². The number of carboxylic acid groups (broad SMARTS) is 4. The van der Waals surface area contributed by atoms with Crippen LogP contribution in [0, 0.1) is 58.2 Å². The fourth-order valence-corrected chi connectivity index (χ4v) is 19.5. The van der Waals surface area contributed by atoms with E-state index in [4.69, 9.17) is 24.9 Å².